The third-order valence-corrected chi connectivity index (χ3v) is 3.67. The van der Waals surface area contributed by atoms with E-state index in [1.807, 2.05) is 0 Å². The van der Waals surface area contributed by atoms with Crippen molar-refractivity contribution in [2.24, 2.45) is 4.99 Å². The summed E-state index contributed by atoms with van der Waals surface area (Å²) in [5, 5.41) is 9.85. The first kappa shape index (κ1) is 23.2. The van der Waals surface area contributed by atoms with Crippen LogP contribution in [0, 0.1) is 5.82 Å². The Morgan fingerprint density at radius 2 is 1.83 bits per heavy atom. The Hall–Kier alpha value is -3.10. The average molecular weight is 427 g/mol. The van der Waals surface area contributed by atoms with E-state index in [-0.39, 0.29) is 16.9 Å². The third-order valence-electron chi connectivity index (χ3n) is 3.67. The van der Waals surface area contributed by atoms with Gasteiger partial charge in [0.05, 0.1) is 12.5 Å². The van der Waals surface area contributed by atoms with E-state index in [2.05, 4.69) is 9.73 Å². The van der Waals surface area contributed by atoms with E-state index in [4.69, 9.17) is 4.74 Å². The molecule has 5 nitrogen and oxygen atoms in total. The molecule has 162 valence electrons. The van der Waals surface area contributed by atoms with Gasteiger partial charge >= 0.3 is 12.3 Å². The van der Waals surface area contributed by atoms with E-state index >= 15 is 0 Å². The Bertz CT molecular complexity index is 920. The molecule has 9 heteroatoms. The minimum Gasteiger partial charge on any atom is -0.507 e. The maximum atomic E-state index is 14.4. The number of alkyl halides is 3. The summed E-state index contributed by atoms with van der Waals surface area (Å²) in [5.74, 6) is -2.34. The zero-order chi connectivity index (χ0) is 22.5. The lowest BCUT2D eigenvalue weighted by molar-refractivity contribution is -0.274. The lowest BCUT2D eigenvalue weighted by Crippen LogP contribution is -2.25. The Morgan fingerprint density at radius 3 is 2.43 bits per heavy atom. The molecule has 0 bridgehead atoms. The SMILES string of the molecule is CC(C)(C)OC(=O)C[C@H](N=Cc1ccccc1O)c1cc(OC(F)(F)F)ccc1F. The van der Waals surface area contributed by atoms with Crippen LogP contribution in [-0.2, 0) is 9.53 Å². The number of halogens is 4. The molecule has 0 saturated carbocycles. The molecule has 2 aromatic rings. The van der Waals surface area contributed by atoms with Crippen LogP contribution >= 0.6 is 0 Å². The maximum Gasteiger partial charge on any atom is 0.573 e. The number of carbonyl (C=O) groups excluding carboxylic acids is 1. The van der Waals surface area contributed by atoms with Crippen molar-refractivity contribution in [2.45, 2.75) is 45.2 Å². The number of aromatic hydroxyl groups is 1. The number of benzene rings is 2. The van der Waals surface area contributed by atoms with Gasteiger partial charge in [-0.25, -0.2) is 4.39 Å². The van der Waals surface area contributed by atoms with Crippen LogP contribution in [-0.4, -0.2) is 29.3 Å². The van der Waals surface area contributed by atoms with Gasteiger partial charge in [0.2, 0.25) is 0 Å². The first-order valence-corrected chi connectivity index (χ1v) is 8.92. The summed E-state index contributed by atoms with van der Waals surface area (Å²) in [6.07, 6.45) is -4.19. The molecule has 0 radical (unpaired) electrons. The molecule has 2 rings (SSSR count). The molecule has 0 aromatic heterocycles. The highest BCUT2D eigenvalue weighted by Gasteiger charge is 2.32. The summed E-state index contributed by atoms with van der Waals surface area (Å²) in [6.45, 7) is 4.93. The quantitative estimate of drug-likeness (QED) is 0.385. The first-order chi connectivity index (χ1) is 13.8. The number of para-hydroxylation sites is 1. The van der Waals surface area contributed by atoms with Gasteiger partial charge < -0.3 is 14.6 Å². The Kier molecular flexibility index (Phi) is 7.07. The topological polar surface area (TPSA) is 68.1 Å². The average Bonchev–Trinajstić information content (AvgIpc) is 2.59. The van der Waals surface area contributed by atoms with E-state index in [1.54, 1.807) is 32.9 Å². The van der Waals surface area contributed by atoms with E-state index < -0.39 is 42.0 Å². The number of carbonyl (C=O) groups is 1. The van der Waals surface area contributed by atoms with E-state index in [0.717, 1.165) is 18.2 Å². The highest BCUT2D eigenvalue weighted by molar-refractivity contribution is 5.83. The molecule has 0 aliphatic heterocycles. The van der Waals surface area contributed by atoms with E-state index in [0.29, 0.717) is 0 Å². The summed E-state index contributed by atoms with van der Waals surface area (Å²) in [5.41, 5.74) is -0.813. The van der Waals surface area contributed by atoms with Gasteiger partial charge in [0, 0.05) is 17.3 Å². The number of hydrogen-bond donors (Lipinski definition) is 1. The number of aliphatic imine (C=N–C) groups is 1. The molecule has 0 saturated heterocycles. The molecular weight excluding hydrogens is 406 g/mol. The predicted molar refractivity (Wildman–Crippen MR) is 102 cm³/mol. The minimum atomic E-state index is -4.96. The Balaban J connectivity index is 2.41. The molecule has 2 aromatic carbocycles. The van der Waals surface area contributed by atoms with Crippen molar-refractivity contribution in [3.63, 3.8) is 0 Å². The number of ether oxygens (including phenoxy) is 2. The Morgan fingerprint density at radius 1 is 1.17 bits per heavy atom. The van der Waals surface area contributed by atoms with Gasteiger partial charge in [-0.05, 0) is 51.1 Å². The smallest absolute Gasteiger partial charge is 0.507 e. The summed E-state index contributed by atoms with van der Waals surface area (Å²) in [4.78, 5) is 16.4. The predicted octanol–water partition coefficient (Wildman–Crippen LogP) is 5.32. The lowest BCUT2D eigenvalue weighted by Gasteiger charge is -2.21. The molecule has 0 heterocycles. The molecule has 1 atom stereocenters. The van der Waals surface area contributed by atoms with Crippen LogP contribution in [0.3, 0.4) is 0 Å². The highest BCUT2D eigenvalue weighted by Crippen LogP contribution is 2.31. The standard InChI is InChI=1S/C21H21F4NO4/c1-20(2,3)30-19(28)11-17(26-12-13-6-4-5-7-18(13)27)15-10-14(8-9-16(15)22)29-21(23,24)25/h4-10,12,17,27H,11H2,1-3H3/t17-/m0/s1. The third kappa shape index (κ3) is 7.38. The van der Waals surface area contributed by atoms with E-state index in [1.165, 1.54) is 18.3 Å². The Labute approximate surface area is 171 Å². The fourth-order valence-electron chi connectivity index (χ4n) is 2.53. The van der Waals surface area contributed by atoms with Crippen molar-refractivity contribution in [3.05, 3.63) is 59.4 Å². The second-order valence-corrected chi connectivity index (χ2v) is 7.37. The molecule has 0 fully saturated rings. The van der Waals surface area contributed by atoms with Crippen LogP contribution in [0.1, 0.15) is 44.4 Å². The second-order valence-electron chi connectivity index (χ2n) is 7.37. The number of phenols is 1. The zero-order valence-corrected chi connectivity index (χ0v) is 16.5. The van der Waals surface area contributed by atoms with Gasteiger partial charge in [-0.1, -0.05) is 12.1 Å². The first-order valence-electron chi connectivity index (χ1n) is 8.92. The van der Waals surface area contributed by atoms with Gasteiger partial charge in [-0.15, -0.1) is 13.2 Å². The number of nitrogens with zero attached hydrogens (tertiary/aromatic N) is 1. The normalized spacial score (nSPS) is 13.3. The minimum absolute atomic E-state index is 0.105. The van der Waals surface area contributed by atoms with Crippen LogP contribution in [0.25, 0.3) is 0 Å². The van der Waals surface area contributed by atoms with Crippen molar-refractivity contribution in [2.75, 3.05) is 0 Å². The molecular formula is C21H21F4NO4. The van der Waals surface area contributed by atoms with Crippen LogP contribution in [0.2, 0.25) is 0 Å². The fraction of sp³-hybridized carbons (Fsp3) is 0.333. The summed E-state index contributed by atoms with van der Waals surface area (Å²) in [6, 6.07) is 7.39. The van der Waals surface area contributed by atoms with Crippen molar-refractivity contribution >= 4 is 12.2 Å². The number of phenolic OH excluding ortho intramolecular Hbond substituents is 1. The van der Waals surface area contributed by atoms with Crippen LogP contribution < -0.4 is 4.74 Å². The largest absolute Gasteiger partial charge is 0.573 e. The monoisotopic (exact) mass is 427 g/mol. The van der Waals surface area contributed by atoms with Gasteiger partial charge in [-0.2, -0.15) is 0 Å². The van der Waals surface area contributed by atoms with Crippen molar-refractivity contribution < 1.29 is 36.9 Å². The van der Waals surface area contributed by atoms with E-state index in [9.17, 15) is 27.5 Å². The number of rotatable bonds is 6. The van der Waals surface area contributed by atoms with Gasteiger partial charge in [0.15, 0.2) is 0 Å². The molecule has 1 N–H and O–H groups in total. The highest BCUT2D eigenvalue weighted by atomic mass is 19.4. The maximum absolute atomic E-state index is 14.4. The van der Waals surface area contributed by atoms with Crippen molar-refractivity contribution in [1.29, 1.82) is 0 Å². The molecule has 0 unspecified atom stereocenters. The van der Waals surface area contributed by atoms with Crippen LogP contribution in [0.5, 0.6) is 11.5 Å². The van der Waals surface area contributed by atoms with Crippen molar-refractivity contribution in [3.8, 4) is 11.5 Å². The summed E-state index contributed by atoms with van der Waals surface area (Å²) >= 11 is 0. The fourth-order valence-corrected chi connectivity index (χ4v) is 2.53. The lowest BCUT2D eigenvalue weighted by atomic mass is 10.0. The zero-order valence-electron chi connectivity index (χ0n) is 16.5. The summed E-state index contributed by atoms with van der Waals surface area (Å²) in [7, 11) is 0. The number of esters is 1. The molecule has 0 aliphatic rings. The molecule has 0 aliphatic carbocycles. The van der Waals surface area contributed by atoms with Crippen molar-refractivity contribution in [1.82, 2.24) is 0 Å². The second kappa shape index (κ2) is 9.15. The van der Waals surface area contributed by atoms with Crippen LogP contribution in [0.4, 0.5) is 17.6 Å². The summed E-state index contributed by atoms with van der Waals surface area (Å²) < 4.78 is 61.1. The molecule has 0 spiro atoms. The molecule has 30 heavy (non-hydrogen) atoms. The van der Waals surface area contributed by atoms with Gasteiger partial charge in [0.25, 0.3) is 0 Å². The number of hydrogen-bond acceptors (Lipinski definition) is 5. The molecule has 0 amide bonds. The van der Waals surface area contributed by atoms with Gasteiger partial charge in [-0.3, -0.25) is 9.79 Å². The van der Waals surface area contributed by atoms with Gasteiger partial charge in [0.1, 0.15) is 22.9 Å². The van der Waals surface area contributed by atoms with Crippen LogP contribution in [0.15, 0.2) is 47.5 Å².